The van der Waals surface area contributed by atoms with Crippen molar-refractivity contribution in [2.24, 2.45) is 0 Å². The lowest BCUT2D eigenvalue weighted by atomic mass is 10.0. The molecule has 0 saturated carbocycles. The Balaban J connectivity index is 2.18. The SMILES string of the molecule is Cc1ccc2occ(-c3ccc([N+](=O)[O-])cc3)c(=O)c2c1. The fourth-order valence-electron chi connectivity index (χ4n) is 2.21. The molecule has 0 aliphatic rings. The lowest BCUT2D eigenvalue weighted by Gasteiger charge is -2.03. The van der Waals surface area contributed by atoms with Gasteiger partial charge >= 0.3 is 0 Å². The summed E-state index contributed by atoms with van der Waals surface area (Å²) >= 11 is 0. The average molecular weight is 281 g/mol. The topological polar surface area (TPSA) is 73.3 Å². The molecule has 0 bridgehead atoms. The minimum Gasteiger partial charge on any atom is -0.463 e. The van der Waals surface area contributed by atoms with Crippen molar-refractivity contribution < 1.29 is 9.34 Å². The highest BCUT2D eigenvalue weighted by molar-refractivity contribution is 5.82. The van der Waals surface area contributed by atoms with Gasteiger partial charge in [0, 0.05) is 12.1 Å². The summed E-state index contributed by atoms with van der Waals surface area (Å²) in [7, 11) is 0. The molecule has 0 unspecified atom stereocenters. The molecule has 1 aromatic heterocycles. The van der Waals surface area contributed by atoms with Crippen LogP contribution < -0.4 is 5.43 Å². The summed E-state index contributed by atoms with van der Waals surface area (Å²) in [4.78, 5) is 22.7. The molecule has 0 fully saturated rings. The fraction of sp³-hybridized carbons (Fsp3) is 0.0625. The van der Waals surface area contributed by atoms with Crippen LogP contribution in [0.4, 0.5) is 5.69 Å². The molecular weight excluding hydrogens is 270 g/mol. The minimum atomic E-state index is -0.476. The Kier molecular flexibility index (Phi) is 3.02. The van der Waals surface area contributed by atoms with E-state index in [4.69, 9.17) is 4.42 Å². The Morgan fingerprint density at radius 1 is 1.10 bits per heavy atom. The van der Waals surface area contributed by atoms with Crippen molar-refractivity contribution in [3.8, 4) is 11.1 Å². The van der Waals surface area contributed by atoms with E-state index in [1.807, 2.05) is 13.0 Å². The van der Waals surface area contributed by atoms with Crippen LogP contribution in [0.3, 0.4) is 0 Å². The molecule has 0 aliphatic heterocycles. The molecule has 0 aliphatic carbocycles. The molecule has 3 aromatic rings. The Hall–Kier alpha value is -2.95. The molecule has 5 nitrogen and oxygen atoms in total. The molecule has 0 radical (unpaired) electrons. The zero-order valence-electron chi connectivity index (χ0n) is 11.2. The molecule has 0 amide bonds. The van der Waals surface area contributed by atoms with E-state index in [2.05, 4.69) is 0 Å². The van der Waals surface area contributed by atoms with Gasteiger partial charge in [0.15, 0.2) is 5.43 Å². The highest BCUT2D eigenvalue weighted by atomic mass is 16.6. The third kappa shape index (κ3) is 2.29. The van der Waals surface area contributed by atoms with E-state index < -0.39 is 4.92 Å². The van der Waals surface area contributed by atoms with Crippen LogP contribution in [0, 0.1) is 17.0 Å². The number of aryl methyl sites for hydroxylation is 1. The van der Waals surface area contributed by atoms with Gasteiger partial charge < -0.3 is 4.42 Å². The van der Waals surface area contributed by atoms with Gasteiger partial charge in [-0.1, -0.05) is 11.6 Å². The maximum absolute atomic E-state index is 12.5. The van der Waals surface area contributed by atoms with Gasteiger partial charge in [-0.2, -0.15) is 0 Å². The van der Waals surface area contributed by atoms with E-state index in [-0.39, 0.29) is 11.1 Å². The van der Waals surface area contributed by atoms with Crippen molar-refractivity contribution in [2.75, 3.05) is 0 Å². The second kappa shape index (κ2) is 4.86. The van der Waals surface area contributed by atoms with Crippen LogP contribution in [0.5, 0.6) is 0 Å². The summed E-state index contributed by atoms with van der Waals surface area (Å²) in [5.41, 5.74) is 2.32. The van der Waals surface area contributed by atoms with Crippen LogP contribution in [0.1, 0.15) is 5.56 Å². The van der Waals surface area contributed by atoms with Gasteiger partial charge in [-0.05, 0) is 36.8 Å². The fourth-order valence-corrected chi connectivity index (χ4v) is 2.21. The van der Waals surface area contributed by atoms with Gasteiger partial charge in [-0.3, -0.25) is 14.9 Å². The Morgan fingerprint density at radius 2 is 1.81 bits per heavy atom. The Labute approximate surface area is 119 Å². The Morgan fingerprint density at radius 3 is 2.48 bits per heavy atom. The van der Waals surface area contributed by atoms with E-state index in [9.17, 15) is 14.9 Å². The maximum atomic E-state index is 12.5. The standard InChI is InChI=1S/C16H11NO4/c1-10-2-7-15-13(8-10)16(18)14(9-21-15)11-3-5-12(6-4-11)17(19)20/h2-9H,1H3. The number of fused-ring (bicyclic) bond motifs is 1. The van der Waals surface area contributed by atoms with Crippen molar-refractivity contribution in [3.63, 3.8) is 0 Å². The predicted molar refractivity (Wildman–Crippen MR) is 79.3 cm³/mol. The number of rotatable bonds is 2. The van der Waals surface area contributed by atoms with Crippen LogP contribution in [-0.2, 0) is 0 Å². The monoisotopic (exact) mass is 281 g/mol. The third-order valence-corrected chi connectivity index (χ3v) is 3.32. The summed E-state index contributed by atoms with van der Waals surface area (Å²) in [5.74, 6) is 0. The summed E-state index contributed by atoms with van der Waals surface area (Å²) in [6.45, 7) is 1.90. The zero-order chi connectivity index (χ0) is 15.0. The number of hydrogen-bond acceptors (Lipinski definition) is 4. The van der Waals surface area contributed by atoms with Crippen LogP contribution >= 0.6 is 0 Å². The van der Waals surface area contributed by atoms with Crippen LogP contribution in [0.25, 0.3) is 22.1 Å². The first kappa shape index (κ1) is 13.1. The molecule has 0 saturated heterocycles. The van der Waals surface area contributed by atoms with Gasteiger partial charge in [0.05, 0.1) is 15.9 Å². The highest BCUT2D eigenvalue weighted by Crippen LogP contribution is 2.22. The van der Waals surface area contributed by atoms with Gasteiger partial charge in [-0.15, -0.1) is 0 Å². The molecule has 3 rings (SSSR count). The smallest absolute Gasteiger partial charge is 0.269 e. The Bertz CT molecular complexity index is 894. The number of hydrogen-bond donors (Lipinski definition) is 0. The number of nitro groups is 1. The number of nitrogens with zero attached hydrogens (tertiary/aromatic N) is 1. The van der Waals surface area contributed by atoms with Crippen molar-refractivity contribution in [1.82, 2.24) is 0 Å². The minimum absolute atomic E-state index is 0.0141. The van der Waals surface area contributed by atoms with Gasteiger partial charge in [0.2, 0.25) is 0 Å². The summed E-state index contributed by atoms with van der Waals surface area (Å²) in [6, 6.07) is 11.2. The predicted octanol–water partition coefficient (Wildman–Crippen LogP) is 3.68. The first-order valence-electron chi connectivity index (χ1n) is 6.33. The zero-order valence-corrected chi connectivity index (χ0v) is 11.2. The summed E-state index contributed by atoms with van der Waals surface area (Å²) < 4.78 is 5.48. The van der Waals surface area contributed by atoms with Crippen LogP contribution in [-0.4, -0.2) is 4.92 Å². The second-order valence-corrected chi connectivity index (χ2v) is 4.78. The highest BCUT2D eigenvalue weighted by Gasteiger charge is 2.11. The van der Waals surface area contributed by atoms with Crippen LogP contribution in [0.15, 0.2) is 57.9 Å². The van der Waals surface area contributed by atoms with E-state index in [0.29, 0.717) is 22.1 Å². The molecule has 2 aromatic carbocycles. The van der Waals surface area contributed by atoms with Crippen LogP contribution in [0.2, 0.25) is 0 Å². The maximum Gasteiger partial charge on any atom is 0.269 e. The van der Waals surface area contributed by atoms with E-state index in [1.54, 1.807) is 24.3 Å². The lowest BCUT2D eigenvalue weighted by molar-refractivity contribution is -0.384. The van der Waals surface area contributed by atoms with E-state index in [0.717, 1.165) is 5.56 Å². The second-order valence-electron chi connectivity index (χ2n) is 4.78. The average Bonchev–Trinajstić information content (AvgIpc) is 2.48. The number of benzene rings is 2. The van der Waals surface area contributed by atoms with E-state index in [1.165, 1.54) is 18.4 Å². The largest absolute Gasteiger partial charge is 0.463 e. The van der Waals surface area contributed by atoms with Crippen molar-refractivity contribution in [3.05, 3.63) is 74.6 Å². The molecule has 0 N–H and O–H groups in total. The number of non-ortho nitro benzene ring substituents is 1. The van der Waals surface area contributed by atoms with Gasteiger partial charge in [-0.25, -0.2) is 0 Å². The quantitative estimate of drug-likeness (QED) is 0.530. The molecule has 1 heterocycles. The van der Waals surface area contributed by atoms with Gasteiger partial charge in [0.1, 0.15) is 11.8 Å². The first-order chi connectivity index (χ1) is 10.1. The molecule has 0 spiro atoms. The molecule has 21 heavy (non-hydrogen) atoms. The first-order valence-corrected chi connectivity index (χ1v) is 6.33. The normalized spacial score (nSPS) is 10.7. The summed E-state index contributed by atoms with van der Waals surface area (Å²) in [5, 5.41) is 11.2. The molecular formula is C16H11NO4. The van der Waals surface area contributed by atoms with E-state index >= 15 is 0 Å². The molecule has 5 heteroatoms. The lowest BCUT2D eigenvalue weighted by Crippen LogP contribution is -2.05. The molecule has 0 atom stereocenters. The molecule has 104 valence electrons. The van der Waals surface area contributed by atoms with Gasteiger partial charge in [0.25, 0.3) is 5.69 Å². The van der Waals surface area contributed by atoms with Crippen molar-refractivity contribution >= 4 is 16.7 Å². The number of nitro benzene ring substituents is 1. The van der Waals surface area contributed by atoms with Crippen molar-refractivity contribution in [2.45, 2.75) is 6.92 Å². The van der Waals surface area contributed by atoms with Crippen molar-refractivity contribution in [1.29, 1.82) is 0 Å². The summed E-state index contributed by atoms with van der Waals surface area (Å²) in [6.07, 6.45) is 1.39. The third-order valence-electron chi connectivity index (χ3n) is 3.32.